The number of aryl methyl sites for hydroxylation is 1. The maximum Gasteiger partial charge on any atom is 0.406 e. The molecule has 0 unspecified atom stereocenters. The standard InChI is InChI=1S/C13H15F3N4O2S/c1-9-17-20(12(22)18(9)2)7-11(21)19(8-13(14,15)16)6-10-4-3-5-23-10/h3-5H,6-8H2,1-2H3. The van der Waals surface area contributed by atoms with Crippen LogP contribution in [0.1, 0.15) is 10.7 Å². The van der Waals surface area contributed by atoms with Crippen LogP contribution < -0.4 is 5.69 Å². The number of aromatic nitrogens is 3. The van der Waals surface area contributed by atoms with Crippen LogP contribution in [0.3, 0.4) is 0 Å². The van der Waals surface area contributed by atoms with Gasteiger partial charge in [0.15, 0.2) is 0 Å². The Labute approximate surface area is 133 Å². The van der Waals surface area contributed by atoms with Crippen molar-refractivity contribution in [3.8, 4) is 0 Å². The fraction of sp³-hybridized carbons (Fsp3) is 0.462. The molecule has 0 radical (unpaired) electrons. The van der Waals surface area contributed by atoms with E-state index in [4.69, 9.17) is 0 Å². The van der Waals surface area contributed by atoms with Crippen molar-refractivity contribution in [3.05, 3.63) is 38.7 Å². The second-order valence-electron chi connectivity index (χ2n) is 4.99. The van der Waals surface area contributed by atoms with Gasteiger partial charge in [-0.25, -0.2) is 9.48 Å². The molecule has 23 heavy (non-hydrogen) atoms. The minimum atomic E-state index is -4.52. The lowest BCUT2D eigenvalue weighted by Crippen LogP contribution is -2.41. The first-order chi connectivity index (χ1) is 10.7. The minimum Gasteiger partial charge on any atom is -0.327 e. The molecular weight excluding hydrogens is 333 g/mol. The molecule has 0 aromatic carbocycles. The Morgan fingerprint density at radius 3 is 2.61 bits per heavy atom. The Morgan fingerprint density at radius 2 is 2.13 bits per heavy atom. The van der Waals surface area contributed by atoms with E-state index in [1.807, 2.05) is 0 Å². The maximum absolute atomic E-state index is 12.7. The summed E-state index contributed by atoms with van der Waals surface area (Å²) in [6, 6.07) is 3.35. The number of alkyl halides is 3. The summed E-state index contributed by atoms with van der Waals surface area (Å²) >= 11 is 1.26. The Bertz CT molecular complexity index is 733. The van der Waals surface area contributed by atoms with Crippen molar-refractivity contribution in [2.45, 2.75) is 26.2 Å². The van der Waals surface area contributed by atoms with Crippen LogP contribution in [0, 0.1) is 6.92 Å². The number of carbonyl (C=O) groups excluding carboxylic acids is 1. The average molecular weight is 348 g/mol. The van der Waals surface area contributed by atoms with Gasteiger partial charge in [-0.15, -0.1) is 11.3 Å². The molecular formula is C13H15F3N4O2S. The van der Waals surface area contributed by atoms with Crippen LogP contribution in [0.15, 0.2) is 22.3 Å². The van der Waals surface area contributed by atoms with Gasteiger partial charge in [0.2, 0.25) is 5.91 Å². The van der Waals surface area contributed by atoms with Gasteiger partial charge in [0.1, 0.15) is 18.9 Å². The van der Waals surface area contributed by atoms with E-state index in [0.717, 1.165) is 4.68 Å². The lowest BCUT2D eigenvalue weighted by Gasteiger charge is -2.23. The molecule has 0 saturated heterocycles. The van der Waals surface area contributed by atoms with Gasteiger partial charge in [-0.1, -0.05) is 6.07 Å². The molecule has 0 saturated carbocycles. The zero-order valence-electron chi connectivity index (χ0n) is 12.5. The van der Waals surface area contributed by atoms with Crippen LogP contribution in [0.5, 0.6) is 0 Å². The van der Waals surface area contributed by atoms with Crippen LogP contribution in [0.4, 0.5) is 13.2 Å². The Morgan fingerprint density at radius 1 is 1.43 bits per heavy atom. The normalized spacial score (nSPS) is 11.7. The summed E-state index contributed by atoms with van der Waals surface area (Å²) in [5.74, 6) is -0.431. The van der Waals surface area contributed by atoms with Gasteiger partial charge < -0.3 is 4.90 Å². The molecule has 0 bridgehead atoms. The number of halogens is 3. The fourth-order valence-corrected chi connectivity index (χ4v) is 2.69. The van der Waals surface area contributed by atoms with E-state index in [-0.39, 0.29) is 6.54 Å². The highest BCUT2D eigenvalue weighted by Crippen LogP contribution is 2.20. The molecule has 6 nitrogen and oxygen atoms in total. The van der Waals surface area contributed by atoms with E-state index in [1.54, 1.807) is 24.4 Å². The summed E-state index contributed by atoms with van der Waals surface area (Å²) < 4.78 is 40.2. The number of rotatable bonds is 5. The highest BCUT2D eigenvalue weighted by Gasteiger charge is 2.33. The third kappa shape index (κ3) is 4.44. The second-order valence-corrected chi connectivity index (χ2v) is 6.02. The molecule has 0 fully saturated rings. The lowest BCUT2D eigenvalue weighted by atomic mass is 10.3. The van der Waals surface area contributed by atoms with Gasteiger partial charge in [0.05, 0.1) is 6.54 Å². The summed E-state index contributed by atoms with van der Waals surface area (Å²) in [4.78, 5) is 25.3. The molecule has 2 heterocycles. The van der Waals surface area contributed by atoms with Gasteiger partial charge >= 0.3 is 11.9 Å². The van der Waals surface area contributed by atoms with Crippen LogP contribution in [-0.4, -0.2) is 37.9 Å². The molecule has 0 atom stereocenters. The van der Waals surface area contributed by atoms with E-state index in [1.165, 1.54) is 23.0 Å². The molecule has 126 valence electrons. The highest BCUT2D eigenvalue weighted by atomic mass is 32.1. The molecule has 2 aromatic rings. The Balaban J connectivity index is 2.18. The molecule has 2 aromatic heterocycles. The van der Waals surface area contributed by atoms with Crippen molar-refractivity contribution in [3.63, 3.8) is 0 Å². The molecule has 0 spiro atoms. The number of amides is 1. The van der Waals surface area contributed by atoms with Crippen LogP contribution >= 0.6 is 11.3 Å². The zero-order chi connectivity index (χ0) is 17.2. The van der Waals surface area contributed by atoms with Gasteiger partial charge in [0, 0.05) is 11.9 Å². The average Bonchev–Trinajstić information content (AvgIpc) is 3.02. The van der Waals surface area contributed by atoms with Crippen molar-refractivity contribution in [1.29, 1.82) is 0 Å². The largest absolute Gasteiger partial charge is 0.406 e. The molecule has 0 N–H and O–H groups in total. The van der Waals surface area contributed by atoms with E-state index >= 15 is 0 Å². The topological polar surface area (TPSA) is 60.1 Å². The van der Waals surface area contributed by atoms with Gasteiger partial charge in [-0.2, -0.15) is 18.3 Å². The van der Waals surface area contributed by atoms with Crippen molar-refractivity contribution in [2.75, 3.05) is 6.54 Å². The van der Waals surface area contributed by atoms with E-state index < -0.39 is 30.9 Å². The van der Waals surface area contributed by atoms with Gasteiger partial charge in [0.25, 0.3) is 0 Å². The molecule has 0 aliphatic carbocycles. The first kappa shape index (κ1) is 17.3. The monoisotopic (exact) mass is 348 g/mol. The first-order valence-corrected chi connectivity index (χ1v) is 7.52. The van der Waals surface area contributed by atoms with Crippen molar-refractivity contribution in [1.82, 2.24) is 19.2 Å². The quantitative estimate of drug-likeness (QED) is 0.824. The Hall–Kier alpha value is -2.10. The summed E-state index contributed by atoms with van der Waals surface area (Å²) in [5, 5.41) is 5.59. The number of hydrogen-bond acceptors (Lipinski definition) is 4. The molecule has 0 aliphatic heterocycles. The number of nitrogens with zero attached hydrogens (tertiary/aromatic N) is 4. The second kappa shape index (κ2) is 6.57. The number of thiophene rings is 1. The summed E-state index contributed by atoms with van der Waals surface area (Å²) in [7, 11) is 1.48. The summed E-state index contributed by atoms with van der Waals surface area (Å²) in [5.41, 5.74) is -0.543. The molecule has 10 heteroatoms. The maximum atomic E-state index is 12.7. The van der Waals surface area contributed by atoms with Crippen LogP contribution in [0.25, 0.3) is 0 Å². The van der Waals surface area contributed by atoms with Crippen LogP contribution in [0.2, 0.25) is 0 Å². The fourth-order valence-electron chi connectivity index (χ4n) is 1.97. The van der Waals surface area contributed by atoms with Gasteiger partial charge in [-0.05, 0) is 18.4 Å². The van der Waals surface area contributed by atoms with E-state index in [9.17, 15) is 22.8 Å². The van der Waals surface area contributed by atoms with Crippen molar-refractivity contribution < 1.29 is 18.0 Å². The highest BCUT2D eigenvalue weighted by molar-refractivity contribution is 7.09. The SMILES string of the molecule is Cc1nn(CC(=O)N(Cc2cccs2)CC(F)(F)F)c(=O)n1C. The molecule has 0 aliphatic rings. The first-order valence-electron chi connectivity index (χ1n) is 6.64. The third-order valence-corrected chi connectivity index (χ3v) is 4.05. The van der Waals surface area contributed by atoms with Gasteiger partial charge in [-0.3, -0.25) is 9.36 Å². The number of carbonyl (C=O) groups is 1. The van der Waals surface area contributed by atoms with Crippen LogP contribution in [-0.2, 0) is 24.9 Å². The predicted molar refractivity (Wildman–Crippen MR) is 78.0 cm³/mol. The van der Waals surface area contributed by atoms with Crippen molar-refractivity contribution >= 4 is 17.2 Å². The molecule has 1 amide bonds. The smallest absolute Gasteiger partial charge is 0.327 e. The number of hydrogen-bond donors (Lipinski definition) is 0. The predicted octanol–water partition coefficient (Wildman–Crippen LogP) is 1.54. The lowest BCUT2D eigenvalue weighted by molar-refractivity contribution is -0.162. The molecule has 2 rings (SSSR count). The van der Waals surface area contributed by atoms with Crippen molar-refractivity contribution in [2.24, 2.45) is 7.05 Å². The summed E-state index contributed by atoms with van der Waals surface area (Å²) in [6.07, 6.45) is -4.52. The third-order valence-electron chi connectivity index (χ3n) is 3.19. The zero-order valence-corrected chi connectivity index (χ0v) is 13.3. The van der Waals surface area contributed by atoms with E-state index in [2.05, 4.69) is 5.10 Å². The van der Waals surface area contributed by atoms with E-state index in [0.29, 0.717) is 15.6 Å². The Kier molecular flexibility index (Phi) is 4.93. The summed E-state index contributed by atoms with van der Waals surface area (Å²) in [6.45, 7) is -0.482. The minimum absolute atomic E-state index is 0.156.